The van der Waals surface area contributed by atoms with Gasteiger partial charge >= 0.3 is 0 Å². The van der Waals surface area contributed by atoms with Crippen LogP contribution in [0.25, 0.3) is 0 Å². The summed E-state index contributed by atoms with van der Waals surface area (Å²) in [4.78, 5) is 25.0. The summed E-state index contributed by atoms with van der Waals surface area (Å²) in [5, 5.41) is 14.9. The van der Waals surface area contributed by atoms with E-state index in [1.54, 1.807) is 42.5 Å². The van der Waals surface area contributed by atoms with Crippen molar-refractivity contribution in [3.63, 3.8) is 0 Å². The molecule has 0 atom stereocenters. The normalized spacial score (nSPS) is 10.6. The zero-order valence-electron chi connectivity index (χ0n) is 16.3. The SMILES string of the molecule is CCOCCc1nnc(NC(=O)c2ccc(C)c(NC(=O)c3ccccc3)c2)s1. The Kier molecular flexibility index (Phi) is 7.04. The predicted molar refractivity (Wildman–Crippen MR) is 114 cm³/mol. The highest BCUT2D eigenvalue weighted by Crippen LogP contribution is 2.21. The van der Waals surface area contributed by atoms with Gasteiger partial charge in [0.25, 0.3) is 11.8 Å². The number of aromatic nitrogens is 2. The minimum absolute atomic E-state index is 0.227. The molecule has 3 aromatic rings. The molecule has 0 bridgehead atoms. The van der Waals surface area contributed by atoms with Gasteiger partial charge in [-0.3, -0.25) is 14.9 Å². The van der Waals surface area contributed by atoms with E-state index in [1.807, 2.05) is 19.9 Å². The summed E-state index contributed by atoms with van der Waals surface area (Å²) in [7, 11) is 0. The first-order valence-corrected chi connectivity index (χ1v) is 10.1. The first-order valence-electron chi connectivity index (χ1n) is 9.25. The Morgan fingerprint density at radius 2 is 1.76 bits per heavy atom. The molecule has 1 heterocycles. The number of benzene rings is 2. The molecule has 8 heteroatoms. The molecule has 0 saturated heterocycles. The van der Waals surface area contributed by atoms with Crippen LogP contribution in [0.5, 0.6) is 0 Å². The zero-order valence-corrected chi connectivity index (χ0v) is 17.1. The fraction of sp³-hybridized carbons (Fsp3) is 0.238. The molecule has 2 N–H and O–H groups in total. The van der Waals surface area contributed by atoms with Crippen LogP contribution < -0.4 is 10.6 Å². The fourth-order valence-corrected chi connectivity index (χ4v) is 3.28. The Morgan fingerprint density at radius 1 is 1.00 bits per heavy atom. The number of hydrogen-bond donors (Lipinski definition) is 2. The van der Waals surface area contributed by atoms with Gasteiger partial charge in [-0.05, 0) is 43.7 Å². The van der Waals surface area contributed by atoms with E-state index in [4.69, 9.17) is 4.74 Å². The quantitative estimate of drug-likeness (QED) is 0.549. The van der Waals surface area contributed by atoms with Gasteiger partial charge in [-0.25, -0.2) is 0 Å². The molecule has 29 heavy (non-hydrogen) atoms. The maximum absolute atomic E-state index is 12.6. The Balaban J connectivity index is 1.67. The average Bonchev–Trinajstić information content (AvgIpc) is 3.17. The lowest BCUT2D eigenvalue weighted by atomic mass is 10.1. The van der Waals surface area contributed by atoms with Crippen molar-refractivity contribution in [1.29, 1.82) is 0 Å². The minimum atomic E-state index is -0.312. The number of rotatable bonds is 8. The van der Waals surface area contributed by atoms with Crippen molar-refractivity contribution < 1.29 is 14.3 Å². The minimum Gasteiger partial charge on any atom is -0.381 e. The zero-order chi connectivity index (χ0) is 20.6. The van der Waals surface area contributed by atoms with Gasteiger partial charge in [0, 0.05) is 29.8 Å². The number of carbonyl (C=O) groups excluding carboxylic acids is 2. The molecule has 150 valence electrons. The van der Waals surface area contributed by atoms with Crippen molar-refractivity contribution in [3.05, 3.63) is 70.2 Å². The van der Waals surface area contributed by atoms with Crippen molar-refractivity contribution in [1.82, 2.24) is 10.2 Å². The highest BCUT2D eigenvalue weighted by atomic mass is 32.1. The summed E-state index contributed by atoms with van der Waals surface area (Å²) >= 11 is 1.32. The van der Waals surface area contributed by atoms with E-state index in [0.717, 1.165) is 10.6 Å². The number of nitrogens with zero attached hydrogens (tertiary/aromatic N) is 2. The van der Waals surface area contributed by atoms with E-state index in [0.29, 0.717) is 41.6 Å². The maximum Gasteiger partial charge on any atom is 0.257 e. The van der Waals surface area contributed by atoms with E-state index < -0.39 is 0 Å². The summed E-state index contributed by atoms with van der Waals surface area (Å²) in [6, 6.07) is 14.1. The molecule has 0 aliphatic heterocycles. The fourth-order valence-electron chi connectivity index (χ4n) is 2.56. The molecule has 0 saturated carbocycles. The smallest absolute Gasteiger partial charge is 0.257 e. The molecule has 2 aromatic carbocycles. The van der Waals surface area contributed by atoms with Crippen LogP contribution in [-0.2, 0) is 11.2 Å². The lowest BCUT2D eigenvalue weighted by Gasteiger charge is -2.10. The molecule has 2 amide bonds. The molecule has 0 radical (unpaired) electrons. The van der Waals surface area contributed by atoms with Crippen molar-refractivity contribution in [3.8, 4) is 0 Å². The first-order chi connectivity index (χ1) is 14.1. The third-order valence-corrected chi connectivity index (χ3v) is 5.03. The average molecular weight is 410 g/mol. The number of amides is 2. The van der Waals surface area contributed by atoms with Crippen molar-refractivity contribution in [2.24, 2.45) is 0 Å². The van der Waals surface area contributed by atoms with Gasteiger partial charge in [0.15, 0.2) is 0 Å². The first kappa shape index (κ1) is 20.6. The molecule has 0 aliphatic rings. The lowest BCUT2D eigenvalue weighted by Crippen LogP contribution is -2.15. The van der Waals surface area contributed by atoms with Crippen LogP contribution >= 0.6 is 11.3 Å². The molecule has 3 rings (SSSR count). The Bertz CT molecular complexity index is 989. The standard InChI is InChI=1S/C21H22N4O3S/c1-3-28-12-11-18-24-25-21(29-18)23-20(27)16-10-9-14(2)17(13-16)22-19(26)15-7-5-4-6-8-15/h4-10,13H,3,11-12H2,1-2H3,(H,22,26)(H,23,25,27). The van der Waals surface area contributed by atoms with Crippen LogP contribution in [-0.4, -0.2) is 35.2 Å². The molecule has 0 spiro atoms. The number of carbonyl (C=O) groups is 2. The van der Waals surface area contributed by atoms with Gasteiger partial charge in [-0.15, -0.1) is 10.2 Å². The molecule has 0 fully saturated rings. The second kappa shape index (κ2) is 9.90. The summed E-state index contributed by atoms with van der Waals surface area (Å²) in [5.41, 5.74) is 2.42. The lowest BCUT2D eigenvalue weighted by molar-refractivity contribution is 0.101. The topological polar surface area (TPSA) is 93.2 Å². The largest absolute Gasteiger partial charge is 0.381 e. The summed E-state index contributed by atoms with van der Waals surface area (Å²) < 4.78 is 5.30. The van der Waals surface area contributed by atoms with Gasteiger partial charge in [-0.1, -0.05) is 35.6 Å². The second-order valence-electron chi connectivity index (χ2n) is 6.25. The number of hydrogen-bond acceptors (Lipinski definition) is 6. The van der Waals surface area contributed by atoms with Crippen molar-refractivity contribution in [2.45, 2.75) is 20.3 Å². The molecular weight excluding hydrogens is 388 g/mol. The second-order valence-corrected chi connectivity index (χ2v) is 7.31. The van der Waals surface area contributed by atoms with Gasteiger partial charge in [-0.2, -0.15) is 0 Å². The molecule has 0 aliphatic carbocycles. The highest BCUT2D eigenvalue weighted by molar-refractivity contribution is 7.15. The Hall–Kier alpha value is -3.10. The summed E-state index contributed by atoms with van der Waals surface area (Å²) in [5.74, 6) is -0.540. The van der Waals surface area contributed by atoms with Crippen LogP contribution in [0.2, 0.25) is 0 Å². The van der Waals surface area contributed by atoms with E-state index in [9.17, 15) is 9.59 Å². The summed E-state index contributed by atoms with van der Waals surface area (Å²) in [6.45, 7) is 5.03. The third kappa shape index (κ3) is 5.69. The Morgan fingerprint density at radius 3 is 2.52 bits per heavy atom. The van der Waals surface area contributed by atoms with Crippen molar-refractivity contribution >= 4 is 34.0 Å². The molecular formula is C21H22N4O3S. The van der Waals surface area contributed by atoms with Crippen molar-refractivity contribution in [2.75, 3.05) is 23.8 Å². The maximum atomic E-state index is 12.6. The molecule has 7 nitrogen and oxygen atoms in total. The van der Waals surface area contributed by atoms with Gasteiger partial charge in [0.2, 0.25) is 5.13 Å². The number of ether oxygens (including phenoxy) is 1. The monoisotopic (exact) mass is 410 g/mol. The van der Waals surface area contributed by atoms with Crippen LogP contribution in [0.4, 0.5) is 10.8 Å². The van der Waals surface area contributed by atoms with Crippen LogP contribution in [0.15, 0.2) is 48.5 Å². The third-order valence-electron chi connectivity index (χ3n) is 4.14. The van der Waals surface area contributed by atoms with Gasteiger partial charge in [0.05, 0.1) is 6.61 Å². The summed E-state index contributed by atoms with van der Waals surface area (Å²) in [6.07, 6.45) is 0.654. The number of nitrogens with one attached hydrogen (secondary N) is 2. The van der Waals surface area contributed by atoms with E-state index in [-0.39, 0.29) is 11.8 Å². The van der Waals surface area contributed by atoms with Crippen LogP contribution in [0, 0.1) is 6.92 Å². The number of aryl methyl sites for hydroxylation is 1. The van der Waals surface area contributed by atoms with Gasteiger partial charge in [0.1, 0.15) is 5.01 Å². The molecule has 1 aromatic heterocycles. The van der Waals surface area contributed by atoms with E-state index in [2.05, 4.69) is 20.8 Å². The Labute approximate surface area is 173 Å². The predicted octanol–water partition coefficient (Wildman–Crippen LogP) is 3.93. The van der Waals surface area contributed by atoms with Crippen LogP contribution in [0.1, 0.15) is 38.2 Å². The van der Waals surface area contributed by atoms with Crippen LogP contribution in [0.3, 0.4) is 0 Å². The molecule has 0 unspecified atom stereocenters. The highest BCUT2D eigenvalue weighted by Gasteiger charge is 2.13. The number of anilines is 2. The van der Waals surface area contributed by atoms with Gasteiger partial charge < -0.3 is 10.1 Å². The van der Waals surface area contributed by atoms with E-state index >= 15 is 0 Å². The van der Waals surface area contributed by atoms with E-state index in [1.165, 1.54) is 11.3 Å².